The molecule has 0 radical (unpaired) electrons. The van der Waals surface area contributed by atoms with E-state index in [0.717, 1.165) is 0 Å². The molecule has 0 aromatic carbocycles. The molecule has 3 heteroatoms. The van der Waals surface area contributed by atoms with Gasteiger partial charge in [-0.05, 0) is 11.9 Å². The first-order valence-electron chi connectivity index (χ1n) is 2.17. The molecule has 2 nitrogen and oxygen atoms in total. The Morgan fingerprint density at radius 2 is 2.50 bits per heavy atom. The van der Waals surface area contributed by atoms with E-state index < -0.39 is 5.97 Å². The van der Waals surface area contributed by atoms with Crippen molar-refractivity contribution in [1.29, 1.82) is 0 Å². The van der Waals surface area contributed by atoms with Crippen molar-refractivity contribution in [1.82, 2.24) is 0 Å². The van der Waals surface area contributed by atoms with Crippen LogP contribution in [0.4, 0.5) is 0 Å². The molecule has 42 valence electrons. The van der Waals surface area contributed by atoms with Gasteiger partial charge in [0.2, 0.25) is 0 Å². The highest BCUT2D eigenvalue weighted by Gasteiger charge is 1.97. The van der Waals surface area contributed by atoms with Crippen LogP contribution in [0.3, 0.4) is 0 Å². The van der Waals surface area contributed by atoms with E-state index in [4.69, 9.17) is 5.11 Å². The van der Waals surface area contributed by atoms with Crippen LogP contribution in [0.25, 0.3) is 0 Å². The van der Waals surface area contributed by atoms with E-state index in [-0.39, 0.29) is 0 Å². The number of hydrogen-bond donors (Lipinski definition) is 1. The van der Waals surface area contributed by atoms with Crippen LogP contribution in [0.1, 0.15) is 10.1 Å². The average Bonchev–Trinajstić information content (AvgIpc) is 2.12. The zero-order valence-electron chi connectivity index (χ0n) is 4.09. The molecule has 1 heterocycles. The summed E-state index contributed by atoms with van der Waals surface area (Å²) in [6.07, 6.45) is 0. The molecule has 0 amide bonds. The molecule has 1 atom stereocenters. The lowest BCUT2D eigenvalue weighted by Crippen LogP contribution is -1.88. The van der Waals surface area contributed by atoms with Crippen LogP contribution < -0.4 is 0 Å². The van der Waals surface area contributed by atoms with E-state index in [9.17, 15) is 4.79 Å². The first-order chi connectivity index (χ1) is 3.80. The quantitative estimate of drug-likeness (QED) is 0.620. The predicted molar refractivity (Wildman–Crippen MR) is 32.9 cm³/mol. The van der Waals surface area contributed by atoms with Crippen molar-refractivity contribution in [2.24, 2.45) is 0 Å². The summed E-state index contributed by atoms with van der Waals surface area (Å²) in [5.41, 5.74) is 0. The maximum atomic E-state index is 10.1. The summed E-state index contributed by atoms with van der Waals surface area (Å²) in [5, 5.41) is 8.82. The summed E-state index contributed by atoms with van der Waals surface area (Å²) in [6.45, 7) is 0. The minimum atomic E-state index is -0.798. The fourth-order valence-corrected chi connectivity index (χ4v) is 1.15. The molecular weight excluding hydrogens is 123 g/mol. The highest BCUT2D eigenvalue weighted by molar-refractivity contribution is 7.31. The van der Waals surface area contributed by atoms with Crippen LogP contribution >= 0.6 is 8.19 Å². The second kappa shape index (κ2) is 2.01. The number of aromatic carboxylic acids is 1. The third-order valence-electron chi connectivity index (χ3n) is 0.828. The summed E-state index contributed by atoms with van der Waals surface area (Å²) in [7, 11) is 0.361. The first kappa shape index (κ1) is 5.39. The lowest BCUT2D eigenvalue weighted by Gasteiger charge is -1.79. The Hall–Kier alpha value is -0.750. The van der Waals surface area contributed by atoms with Gasteiger partial charge in [-0.3, -0.25) is 0 Å². The van der Waals surface area contributed by atoms with Gasteiger partial charge in [-0.1, -0.05) is 6.07 Å². The monoisotopic (exact) mass is 128 g/mol. The van der Waals surface area contributed by atoms with E-state index in [0.29, 0.717) is 13.5 Å². The van der Waals surface area contributed by atoms with E-state index in [2.05, 4.69) is 0 Å². The molecule has 0 aliphatic rings. The van der Waals surface area contributed by atoms with Crippen LogP contribution in [-0.2, 0) is 0 Å². The molecule has 0 bridgehead atoms. The van der Waals surface area contributed by atoms with Crippen LogP contribution in [0.15, 0.2) is 17.9 Å². The maximum absolute atomic E-state index is 10.1. The molecule has 0 saturated carbocycles. The smallest absolute Gasteiger partial charge is 0.339 e. The van der Waals surface area contributed by atoms with Gasteiger partial charge in [0.05, 0.1) is 5.30 Å². The summed E-state index contributed by atoms with van der Waals surface area (Å²) in [5.74, 6) is 1.05. The molecule has 0 spiro atoms. The van der Waals surface area contributed by atoms with Crippen molar-refractivity contribution in [2.75, 3.05) is 0 Å². The number of rotatable bonds is 1. The zero-order valence-corrected chi connectivity index (χ0v) is 5.09. The van der Waals surface area contributed by atoms with Gasteiger partial charge in [-0.15, -0.1) is 8.19 Å². The van der Waals surface area contributed by atoms with Crippen LogP contribution in [0, 0.1) is 0 Å². The Morgan fingerprint density at radius 3 is 2.75 bits per heavy atom. The maximum Gasteiger partial charge on any atom is 0.339 e. The van der Waals surface area contributed by atoms with Crippen molar-refractivity contribution >= 4 is 14.2 Å². The lowest BCUT2D eigenvalue weighted by atomic mass is 10.5. The molecule has 0 fully saturated rings. The van der Waals surface area contributed by atoms with Gasteiger partial charge in [-0.25, -0.2) is 4.79 Å². The van der Waals surface area contributed by atoms with Crippen LogP contribution in [-0.4, -0.2) is 11.1 Å². The summed E-state index contributed by atoms with van der Waals surface area (Å²) >= 11 is 0. The predicted octanol–water partition coefficient (Wildman–Crippen LogP) is 1.42. The molecule has 8 heavy (non-hydrogen) atoms. The highest BCUT2D eigenvalue weighted by atomic mass is 31.0. The first-order valence-corrected chi connectivity index (χ1v) is 3.25. The van der Waals surface area contributed by atoms with Gasteiger partial charge in [0.15, 0.2) is 0 Å². The van der Waals surface area contributed by atoms with Gasteiger partial charge in [0.1, 0.15) is 0 Å². The largest absolute Gasteiger partial charge is 0.477 e. The van der Waals surface area contributed by atoms with E-state index in [1.54, 1.807) is 12.1 Å². The number of hydrogen-bond acceptors (Lipinski definition) is 1. The van der Waals surface area contributed by atoms with Crippen LogP contribution in [0.2, 0.25) is 0 Å². The number of carbonyl (C=O) groups is 1. The third-order valence-corrected chi connectivity index (χ3v) is 1.88. The summed E-state index contributed by atoms with van der Waals surface area (Å²) < 4.78 is 0. The van der Waals surface area contributed by atoms with Gasteiger partial charge in [0.25, 0.3) is 0 Å². The van der Waals surface area contributed by atoms with Crippen molar-refractivity contribution < 1.29 is 9.90 Å². The SMILES string of the molecule is O=C(O)c1ccc[pH]1. The Morgan fingerprint density at radius 1 is 1.75 bits per heavy atom. The van der Waals surface area contributed by atoms with Gasteiger partial charge < -0.3 is 5.11 Å². The highest BCUT2D eigenvalue weighted by Crippen LogP contribution is 2.13. The van der Waals surface area contributed by atoms with E-state index in [1.807, 2.05) is 5.80 Å². The average molecular weight is 128 g/mol. The molecule has 0 saturated heterocycles. The number of carboxylic acid groups (broad SMARTS) is 1. The minimum Gasteiger partial charge on any atom is -0.477 e. The fraction of sp³-hybridized carbons (Fsp3) is 0. The van der Waals surface area contributed by atoms with Crippen molar-refractivity contribution in [3.05, 3.63) is 23.2 Å². The molecule has 0 aliphatic carbocycles. The van der Waals surface area contributed by atoms with Crippen molar-refractivity contribution in [3.8, 4) is 0 Å². The Kier molecular flexibility index (Phi) is 1.36. The second-order valence-electron chi connectivity index (χ2n) is 1.39. The van der Waals surface area contributed by atoms with Gasteiger partial charge >= 0.3 is 5.97 Å². The Labute approximate surface area is 48.2 Å². The van der Waals surface area contributed by atoms with Crippen molar-refractivity contribution in [2.45, 2.75) is 0 Å². The standard InChI is InChI=1S/C5H5O2P/c6-5(7)4-2-1-3-8-4/h1-3,8H,(H,6,7). The van der Waals surface area contributed by atoms with Crippen molar-refractivity contribution in [3.63, 3.8) is 0 Å². The topological polar surface area (TPSA) is 37.3 Å². The van der Waals surface area contributed by atoms with Gasteiger partial charge in [0, 0.05) is 0 Å². The van der Waals surface area contributed by atoms with E-state index in [1.165, 1.54) is 0 Å². The molecule has 1 N–H and O–H groups in total. The third kappa shape index (κ3) is 0.903. The Bertz CT molecular complexity index is 178. The zero-order chi connectivity index (χ0) is 5.98. The fourth-order valence-electron chi connectivity index (χ4n) is 0.463. The Balaban J connectivity index is 2.93. The summed E-state index contributed by atoms with van der Waals surface area (Å²) in [6, 6.07) is 3.39. The van der Waals surface area contributed by atoms with Crippen LogP contribution in [0.5, 0.6) is 0 Å². The number of carboxylic acids is 1. The second-order valence-corrected chi connectivity index (χ2v) is 2.55. The molecule has 1 unspecified atom stereocenters. The molecule has 1 rings (SSSR count). The van der Waals surface area contributed by atoms with Gasteiger partial charge in [-0.2, -0.15) is 0 Å². The molecule has 0 aliphatic heterocycles. The normalized spacial score (nSPS) is 10.0. The lowest BCUT2D eigenvalue weighted by molar-refractivity contribution is 0.0702. The summed E-state index contributed by atoms with van der Waals surface area (Å²) in [4.78, 5) is 10.1. The molecule has 1 aromatic rings. The molecule has 1 aromatic heterocycles. The molecular formula is C5H5O2P. The van der Waals surface area contributed by atoms with E-state index >= 15 is 0 Å². The minimum absolute atomic E-state index is 0.361.